The summed E-state index contributed by atoms with van der Waals surface area (Å²) < 4.78 is 5.36. The van der Waals surface area contributed by atoms with Crippen LogP contribution >= 0.6 is 23.2 Å². The maximum atomic E-state index is 12.1. The third kappa shape index (κ3) is 3.74. The number of Topliss-reactive ketones (excluding diaryl/α,β-unsaturated/α-hetero) is 1. The van der Waals surface area contributed by atoms with E-state index in [-0.39, 0.29) is 34.3 Å². The standard InChI is InChI=1S/C15H11Cl2NO3/c16-9-5-6-12(17)11(7-9)13(19)8-21-14-4-2-1-3-10(14)15(18)20/h1-7H,8H2,(H2,18,20). The minimum Gasteiger partial charge on any atom is -0.485 e. The van der Waals surface area contributed by atoms with Gasteiger partial charge in [0.1, 0.15) is 5.75 Å². The van der Waals surface area contributed by atoms with Crippen LogP contribution in [0, 0.1) is 0 Å². The van der Waals surface area contributed by atoms with Crippen molar-refractivity contribution in [1.82, 2.24) is 0 Å². The maximum Gasteiger partial charge on any atom is 0.252 e. The number of rotatable bonds is 5. The normalized spacial score (nSPS) is 10.2. The van der Waals surface area contributed by atoms with E-state index in [0.717, 1.165) is 0 Å². The number of hydrogen-bond acceptors (Lipinski definition) is 3. The van der Waals surface area contributed by atoms with E-state index in [1.165, 1.54) is 18.2 Å². The van der Waals surface area contributed by atoms with E-state index in [1.54, 1.807) is 24.3 Å². The molecule has 0 aromatic heterocycles. The van der Waals surface area contributed by atoms with E-state index in [1.807, 2.05) is 0 Å². The number of amides is 1. The molecule has 0 spiro atoms. The monoisotopic (exact) mass is 323 g/mol. The summed E-state index contributed by atoms with van der Waals surface area (Å²) in [4.78, 5) is 23.3. The van der Waals surface area contributed by atoms with E-state index >= 15 is 0 Å². The fourth-order valence-electron chi connectivity index (χ4n) is 1.73. The van der Waals surface area contributed by atoms with Crippen LogP contribution in [0.1, 0.15) is 20.7 Å². The van der Waals surface area contributed by atoms with Crippen molar-refractivity contribution < 1.29 is 14.3 Å². The Kier molecular flexibility index (Phi) is 4.83. The first-order valence-electron chi connectivity index (χ1n) is 5.99. The second-order valence-corrected chi connectivity index (χ2v) is 5.04. The van der Waals surface area contributed by atoms with Crippen molar-refractivity contribution in [2.75, 3.05) is 6.61 Å². The Morgan fingerprint density at radius 2 is 1.76 bits per heavy atom. The Morgan fingerprint density at radius 1 is 1.05 bits per heavy atom. The number of ketones is 1. The lowest BCUT2D eigenvalue weighted by atomic mass is 10.1. The highest BCUT2D eigenvalue weighted by molar-refractivity contribution is 6.36. The molecule has 0 aliphatic heterocycles. The molecule has 0 bridgehead atoms. The fraction of sp³-hybridized carbons (Fsp3) is 0.0667. The fourth-order valence-corrected chi connectivity index (χ4v) is 2.12. The van der Waals surface area contributed by atoms with Crippen molar-refractivity contribution in [3.63, 3.8) is 0 Å². The number of para-hydroxylation sites is 1. The number of halogens is 2. The highest BCUT2D eigenvalue weighted by Crippen LogP contribution is 2.22. The highest BCUT2D eigenvalue weighted by Gasteiger charge is 2.14. The minimum atomic E-state index is -0.626. The van der Waals surface area contributed by atoms with Crippen molar-refractivity contribution in [1.29, 1.82) is 0 Å². The molecule has 0 heterocycles. The van der Waals surface area contributed by atoms with Crippen LogP contribution in [-0.4, -0.2) is 18.3 Å². The van der Waals surface area contributed by atoms with Crippen molar-refractivity contribution in [3.8, 4) is 5.75 Å². The number of hydrogen-bond donors (Lipinski definition) is 1. The van der Waals surface area contributed by atoms with Gasteiger partial charge in [0.25, 0.3) is 5.91 Å². The van der Waals surface area contributed by atoms with Crippen LogP contribution in [0.3, 0.4) is 0 Å². The number of nitrogens with two attached hydrogens (primary N) is 1. The van der Waals surface area contributed by atoms with Gasteiger partial charge in [0.2, 0.25) is 5.78 Å². The lowest BCUT2D eigenvalue weighted by molar-refractivity contribution is 0.0912. The first kappa shape index (κ1) is 15.4. The largest absolute Gasteiger partial charge is 0.485 e. The van der Waals surface area contributed by atoms with Crippen molar-refractivity contribution in [3.05, 3.63) is 63.6 Å². The molecule has 0 radical (unpaired) electrons. The van der Waals surface area contributed by atoms with Crippen LogP contribution in [-0.2, 0) is 0 Å². The molecule has 0 saturated carbocycles. The predicted octanol–water partition coefficient (Wildman–Crippen LogP) is 3.35. The van der Waals surface area contributed by atoms with Gasteiger partial charge in [-0.05, 0) is 30.3 Å². The molecule has 0 aliphatic rings. The average Bonchev–Trinajstić information content (AvgIpc) is 2.47. The summed E-state index contributed by atoms with van der Waals surface area (Å²) >= 11 is 11.8. The van der Waals surface area contributed by atoms with E-state index in [9.17, 15) is 9.59 Å². The van der Waals surface area contributed by atoms with Crippen LogP contribution < -0.4 is 10.5 Å². The number of carbonyl (C=O) groups excluding carboxylic acids is 2. The minimum absolute atomic E-state index is 0.211. The molecule has 1 amide bonds. The summed E-state index contributed by atoms with van der Waals surface area (Å²) in [5.74, 6) is -0.725. The summed E-state index contributed by atoms with van der Waals surface area (Å²) in [5.41, 5.74) is 5.71. The first-order valence-corrected chi connectivity index (χ1v) is 6.74. The molecule has 2 aromatic carbocycles. The summed E-state index contributed by atoms with van der Waals surface area (Å²) in [7, 11) is 0. The Balaban J connectivity index is 2.15. The van der Waals surface area contributed by atoms with Gasteiger partial charge >= 0.3 is 0 Å². The SMILES string of the molecule is NC(=O)c1ccccc1OCC(=O)c1cc(Cl)ccc1Cl. The van der Waals surface area contributed by atoms with Gasteiger partial charge in [-0.2, -0.15) is 0 Å². The van der Waals surface area contributed by atoms with E-state index < -0.39 is 5.91 Å². The van der Waals surface area contributed by atoms with Crippen molar-refractivity contribution in [2.45, 2.75) is 0 Å². The number of carbonyl (C=O) groups is 2. The van der Waals surface area contributed by atoms with Crippen LogP contribution in [0.25, 0.3) is 0 Å². The van der Waals surface area contributed by atoms with Crippen LogP contribution in [0.15, 0.2) is 42.5 Å². The molecule has 2 aromatic rings. The summed E-state index contributed by atoms with van der Waals surface area (Å²) in [6, 6.07) is 11.0. The number of benzene rings is 2. The van der Waals surface area contributed by atoms with Crippen LogP contribution in [0.2, 0.25) is 10.0 Å². The molecule has 4 nitrogen and oxygen atoms in total. The molecule has 0 fully saturated rings. The Labute approximate surface area is 131 Å². The van der Waals surface area contributed by atoms with Gasteiger partial charge in [0.15, 0.2) is 6.61 Å². The molecule has 0 atom stereocenters. The zero-order chi connectivity index (χ0) is 15.4. The molecular weight excluding hydrogens is 313 g/mol. The molecule has 0 aliphatic carbocycles. The molecule has 0 saturated heterocycles. The molecule has 6 heteroatoms. The summed E-state index contributed by atoms with van der Waals surface area (Å²) in [5, 5.41) is 0.691. The van der Waals surface area contributed by atoms with Crippen LogP contribution in [0.4, 0.5) is 0 Å². The van der Waals surface area contributed by atoms with E-state index in [2.05, 4.69) is 0 Å². The topological polar surface area (TPSA) is 69.4 Å². The first-order chi connectivity index (χ1) is 9.99. The number of primary amides is 1. The van der Waals surface area contributed by atoms with Crippen molar-refractivity contribution in [2.24, 2.45) is 5.73 Å². The van der Waals surface area contributed by atoms with Crippen LogP contribution in [0.5, 0.6) is 5.75 Å². The lowest BCUT2D eigenvalue weighted by Crippen LogP contribution is -2.16. The predicted molar refractivity (Wildman–Crippen MR) is 81.2 cm³/mol. The zero-order valence-corrected chi connectivity index (χ0v) is 12.3. The second-order valence-electron chi connectivity index (χ2n) is 4.20. The van der Waals surface area contributed by atoms with Gasteiger partial charge in [0.05, 0.1) is 10.6 Å². The maximum absolute atomic E-state index is 12.1. The van der Waals surface area contributed by atoms with E-state index in [0.29, 0.717) is 5.02 Å². The van der Waals surface area contributed by atoms with Gasteiger partial charge in [-0.15, -0.1) is 0 Å². The molecular formula is C15H11Cl2NO3. The highest BCUT2D eigenvalue weighted by atomic mass is 35.5. The Hall–Kier alpha value is -2.04. The van der Waals surface area contributed by atoms with Crippen molar-refractivity contribution >= 4 is 34.9 Å². The molecule has 0 unspecified atom stereocenters. The number of ether oxygens (including phenoxy) is 1. The molecule has 21 heavy (non-hydrogen) atoms. The Morgan fingerprint density at radius 3 is 2.48 bits per heavy atom. The smallest absolute Gasteiger partial charge is 0.252 e. The lowest BCUT2D eigenvalue weighted by Gasteiger charge is -2.09. The third-order valence-electron chi connectivity index (χ3n) is 2.74. The van der Waals surface area contributed by atoms with Gasteiger partial charge < -0.3 is 10.5 Å². The summed E-state index contributed by atoms with van der Waals surface area (Å²) in [6.07, 6.45) is 0. The van der Waals surface area contributed by atoms with Gasteiger partial charge in [0, 0.05) is 10.6 Å². The Bertz CT molecular complexity index is 701. The van der Waals surface area contributed by atoms with Gasteiger partial charge in [-0.25, -0.2) is 0 Å². The van der Waals surface area contributed by atoms with Gasteiger partial charge in [-0.3, -0.25) is 9.59 Å². The molecule has 2 rings (SSSR count). The van der Waals surface area contributed by atoms with E-state index in [4.69, 9.17) is 33.7 Å². The zero-order valence-electron chi connectivity index (χ0n) is 10.8. The second kappa shape index (κ2) is 6.61. The molecule has 108 valence electrons. The summed E-state index contributed by atoms with van der Waals surface area (Å²) in [6.45, 7) is -0.273. The quantitative estimate of drug-likeness (QED) is 0.858. The van der Waals surface area contributed by atoms with Gasteiger partial charge in [-0.1, -0.05) is 35.3 Å². The average molecular weight is 324 g/mol. The third-order valence-corrected chi connectivity index (χ3v) is 3.30. The molecule has 2 N–H and O–H groups in total.